The number of hydrogen-bond donors (Lipinski definition) is 1. The van der Waals surface area contributed by atoms with E-state index in [0.717, 1.165) is 12.0 Å². The standard InChI is InChI=1S/C8H16N2.2ClH/c1-10-5-7-2-3-9-8(4-7)6-10;;/h7-9H,2-6H2,1H3;2*1H. The first kappa shape index (κ1) is 12.5. The maximum absolute atomic E-state index is 3.54. The largest absolute Gasteiger partial charge is 0.313 e. The molecule has 0 amide bonds. The highest BCUT2D eigenvalue weighted by molar-refractivity contribution is 5.85. The van der Waals surface area contributed by atoms with E-state index in [0.29, 0.717) is 0 Å². The lowest BCUT2D eigenvalue weighted by molar-refractivity contribution is 0.134. The number of rotatable bonds is 0. The van der Waals surface area contributed by atoms with Crippen molar-refractivity contribution in [2.45, 2.75) is 18.9 Å². The molecule has 2 nitrogen and oxygen atoms in total. The second kappa shape index (κ2) is 5.28. The minimum Gasteiger partial charge on any atom is -0.313 e. The van der Waals surface area contributed by atoms with Gasteiger partial charge in [-0.05, 0) is 32.4 Å². The third-order valence-corrected chi connectivity index (χ3v) is 2.71. The molecule has 0 radical (unpaired) electrons. The van der Waals surface area contributed by atoms with Crippen LogP contribution in [-0.2, 0) is 0 Å². The van der Waals surface area contributed by atoms with E-state index in [-0.39, 0.29) is 24.8 Å². The number of likely N-dealkylation sites (tertiary alicyclic amines) is 1. The molecule has 0 spiro atoms. The van der Waals surface area contributed by atoms with Gasteiger partial charge in [0.15, 0.2) is 0 Å². The molecule has 2 saturated heterocycles. The Morgan fingerprint density at radius 2 is 2.00 bits per heavy atom. The Balaban J connectivity index is 0.000000605. The van der Waals surface area contributed by atoms with Gasteiger partial charge in [-0.1, -0.05) is 0 Å². The highest BCUT2D eigenvalue weighted by atomic mass is 35.5. The molecule has 0 aromatic rings. The van der Waals surface area contributed by atoms with E-state index in [1.54, 1.807) is 0 Å². The van der Waals surface area contributed by atoms with E-state index >= 15 is 0 Å². The molecule has 4 heteroatoms. The average molecular weight is 213 g/mol. The first-order chi connectivity index (χ1) is 4.84. The number of piperidine rings is 2. The van der Waals surface area contributed by atoms with Crippen LogP contribution in [-0.4, -0.2) is 37.6 Å². The van der Waals surface area contributed by atoms with Crippen molar-refractivity contribution in [1.29, 1.82) is 0 Å². The Hall–Kier alpha value is 0.500. The zero-order chi connectivity index (χ0) is 6.97. The normalized spacial score (nSPS) is 34.8. The van der Waals surface area contributed by atoms with Gasteiger partial charge in [-0.15, -0.1) is 24.8 Å². The molecule has 2 rings (SSSR count). The Bertz CT molecular complexity index is 116. The zero-order valence-corrected chi connectivity index (χ0v) is 9.09. The first-order valence-corrected chi connectivity index (χ1v) is 4.26. The molecule has 74 valence electrons. The van der Waals surface area contributed by atoms with Gasteiger partial charge in [-0.3, -0.25) is 0 Å². The molecule has 0 aliphatic carbocycles. The third kappa shape index (κ3) is 2.77. The lowest BCUT2D eigenvalue weighted by Gasteiger charge is -2.40. The average Bonchev–Trinajstić information content (AvgIpc) is 1.85. The summed E-state index contributed by atoms with van der Waals surface area (Å²) in [6.07, 6.45) is 2.81. The maximum Gasteiger partial charge on any atom is 0.0198 e. The summed E-state index contributed by atoms with van der Waals surface area (Å²) in [6.45, 7) is 3.85. The van der Waals surface area contributed by atoms with Crippen LogP contribution in [0.2, 0.25) is 0 Å². The lowest BCUT2D eigenvalue weighted by atomic mass is 9.88. The van der Waals surface area contributed by atoms with E-state index in [1.807, 2.05) is 0 Å². The molecule has 2 fully saturated rings. The van der Waals surface area contributed by atoms with Crippen molar-refractivity contribution in [3.05, 3.63) is 0 Å². The van der Waals surface area contributed by atoms with Crippen LogP contribution in [0.1, 0.15) is 12.8 Å². The second-order valence-electron chi connectivity index (χ2n) is 3.76. The van der Waals surface area contributed by atoms with Crippen molar-refractivity contribution in [3.8, 4) is 0 Å². The topological polar surface area (TPSA) is 15.3 Å². The lowest BCUT2D eigenvalue weighted by Crippen LogP contribution is -2.52. The highest BCUT2D eigenvalue weighted by Gasteiger charge is 2.27. The number of halogens is 2. The van der Waals surface area contributed by atoms with Gasteiger partial charge in [0.1, 0.15) is 0 Å². The number of hydrogen-bond acceptors (Lipinski definition) is 2. The van der Waals surface area contributed by atoms with Gasteiger partial charge in [0.2, 0.25) is 0 Å². The Labute approximate surface area is 86.9 Å². The summed E-state index contributed by atoms with van der Waals surface area (Å²) in [7, 11) is 2.23. The van der Waals surface area contributed by atoms with E-state index in [4.69, 9.17) is 0 Å². The fraction of sp³-hybridized carbons (Fsp3) is 1.00. The number of nitrogens with one attached hydrogen (secondary N) is 1. The summed E-state index contributed by atoms with van der Waals surface area (Å²) in [5.41, 5.74) is 0. The second-order valence-corrected chi connectivity index (χ2v) is 3.76. The molecule has 2 heterocycles. The fourth-order valence-corrected chi connectivity index (χ4v) is 2.29. The molecular formula is C8H18Cl2N2. The van der Waals surface area contributed by atoms with Crippen LogP contribution in [0.25, 0.3) is 0 Å². The predicted octanol–water partition coefficient (Wildman–Crippen LogP) is 1.14. The summed E-state index contributed by atoms with van der Waals surface area (Å²) in [5.74, 6) is 0.991. The van der Waals surface area contributed by atoms with Crippen LogP contribution in [0, 0.1) is 5.92 Å². The van der Waals surface area contributed by atoms with Crippen LogP contribution in [0.5, 0.6) is 0 Å². The van der Waals surface area contributed by atoms with Gasteiger partial charge in [0, 0.05) is 19.1 Å². The molecule has 12 heavy (non-hydrogen) atoms. The van der Waals surface area contributed by atoms with Gasteiger partial charge >= 0.3 is 0 Å². The zero-order valence-electron chi connectivity index (χ0n) is 7.45. The van der Waals surface area contributed by atoms with Crippen LogP contribution >= 0.6 is 24.8 Å². The van der Waals surface area contributed by atoms with Crippen molar-refractivity contribution in [3.63, 3.8) is 0 Å². The molecule has 2 atom stereocenters. The molecule has 2 bridgehead atoms. The molecule has 2 unspecified atom stereocenters. The fourth-order valence-electron chi connectivity index (χ4n) is 2.29. The minimum atomic E-state index is 0. The molecule has 0 saturated carbocycles. The smallest absolute Gasteiger partial charge is 0.0198 e. The number of likely N-dealkylation sites (N-methyl/N-ethyl adjacent to an activating group) is 1. The summed E-state index contributed by atoms with van der Waals surface area (Å²) in [6, 6.07) is 0.803. The highest BCUT2D eigenvalue weighted by Crippen LogP contribution is 2.21. The monoisotopic (exact) mass is 212 g/mol. The summed E-state index contributed by atoms with van der Waals surface area (Å²) >= 11 is 0. The Morgan fingerprint density at radius 3 is 2.67 bits per heavy atom. The van der Waals surface area contributed by atoms with Crippen molar-refractivity contribution < 1.29 is 0 Å². The van der Waals surface area contributed by atoms with Crippen molar-refractivity contribution in [2.75, 3.05) is 26.7 Å². The summed E-state index contributed by atoms with van der Waals surface area (Å²) in [5, 5.41) is 3.54. The SMILES string of the molecule is CN1CC2CCNC(C2)C1.Cl.Cl. The quantitative estimate of drug-likeness (QED) is 0.649. The summed E-state index contributed by atoms with van der Waals surface area (Å²) in [4.78, 5) is 2.45. The predicted molar refractivity (Wildman–Crippen MR) is 56.5 cm³/mol. The van der Waals surface area contributed by atoms with Gasteiger partial charge in [0.05, 0.1) is 0 Å². The molecule has 0 aromatic carbocycles. The van der Waals surface area contributed by atoms with Crippen LogP contribution < -0.4 is 5.32 Å². The van der Waals surface area contributed by atoms with E-state index in [9.17, 15) is 0 Å². The van der Waals surface area contributed by atoms with E-state index < -0.39 is 0 Å². The molecule has 1 N–H and O–H groups in total. The molecule has 2 aliphatic heterocycles. The molecule has 0 aromatic heterocycles. The summed E-state index contributed by atoms with van der Waals surface area (Å²) < 4.78 is 0. The van der Waals surface area contributed by atoms with Gasteiger partial charge < -0.3 is 10.2 Å². The molecule has 2 aliphatic rings. The van der Waals surface area contributed by atoms with Crippen molar-refractivity contribution in [1.82, 2.24) is 10.2 Å². The van der Waals surface area contributed by atoms with Gasteiger partial charge in [-0.25, -0.2) is 0 Å². The Kier molecular flexibility index (Phi) is 5.50. The first-order valence-electron chi connectivity index (χ1n) is 4.26. The van der Waals surface area contributed by atoms with Gasteiger partial charge in [0.25, 0.3) is 0 Å². The van der Waals surface area contributed by atoms with Gasteiger partial charge in [-0.2, -0.15) is 0 Å². The minimum absolute atomic E-state index is 0. The third-order valence-electron chi connectivity index (χ3n) is 2.71. The Morgan fingerprint density at radius 1 is 1.25 bits per heavy atom. The van der Waals surface area contributed by atoms with Crippen LogP contribution in [0.4, 0.5) is 0 Å². The van der Waals surface area contributed by atoms with E-state index in [1.165, 1.54) is 32.5 Å². The number of nitrogens with zero attached hydrogens (tertiary/aromatic N) is 1. The maximum atomic E-state index is 3.54. The van der Waals surface area contributed by atoms with Crippen LogP contribution in [0.15, 0.2) is 0 Å². The number of fused-ring (bicyclic) bond motifs is 2. The van der Waals surface area contributed by atoms with E-state index in [2.05, 4.69) is 17.3 Å². The van der Waals surface area contributed by atoms with Crippen molar-refractivity contribution >= 4 is 24.8 Å². The molecular weight excluding hydrogens is 195 g/mol. The van der Waals surface area contributed by atoms with Crippen LogP contribution in [0.3, 0.4) is 0 Å². The van der Waals surface area contributed by atoms with Crippen molar-refractivity contribution in [2.24, 2.45) is 5.92 Å².